The minimum atomic E-state index is -0.233. The number of ether oxygens (including phenoxy) is 1. The molecule has 0 bridgehead atoms. The molecule has 1 aliphatic rings. The van der Waals surface area contributed by atoms with E-state index in [1.54, 1.807) is 7.11 Å². The molecule has 1 aromatic carbocycles. The SMILES string of the molecule is COC(C)c1ccc(C2CCC(CCC=CCCF)CC2)cc1. The Kier molecular flexibility index (Phi) is 7.81. The third-order valence-electron chi connectivity index (χ3n) is 5.26. The lowest BCUT2D eigenvalue weighted by molar-refractivity contribution is 0.119. The van der Waals surface area contributed by atoms with Crippen molar-refractivity contribution in [1.82, 2.24) is 0 Å². The third-order valence-corrected chi connectivity index (χ3v) is 5.26. The molecule has 23 heavy (non-hydrogen) atoms. The molecule has 0 aliphatic heterocycles. The van der Waals surface area contributed by atoms with E-state index < -0.39 is 0 Å². The van der Waals surface area contributed by atoms with E-state index >= 15 is 0 Å². The van der Waals surface area contributed by atoms with Crippen molar-refractivity contribution < 1.29 is 9.13 Å². The van der Waals surface area contributed by atoms with Gasteiger partial charge in [0, 0.05) is 7.11 Å². The highest BCUT2D eigenvalue weighted by Gasteiger charge is 2.21. The van der Waals surface area contributed by atoms with Gasteiger partial charge in [0.15, 0.2) is 0 Å². The second-order valence-electron chi connectivity index (χ2n) is 6.79. The van der Waals surface area contributed by atoms with Gasteiger partial charge in [0.1, 0.15) is 0 Å². The summed E-state index contributed by atoms with van der Waals surface area (Å²) < 4.78 is 17.4. The lowest BCUT2D eigenvalue weighted by Crippen LogP contribution is -2.13. The van der Waals surface area contributed by atoms with E-state index in [-0.39, 0.29) is 12.8 Å². The van der Waals surface area contributed by atoms with Crippen LogP contribution in [0.4, 0.5) is 4.39 Å². The van der Waals surface area contributed by atoms with Crippen LogP contribution < -0.4 is 0 Å². The van der Waals surface area contributed by atoms with E-state index in [2.05, 4.69) is 37.3 Å². The maximum Gasteiger partial charge on any atom is 0.0928 e. The normalized spacial score (nSPS) is 23.3. The fraction of sp³-hybridized carbons (Fsp3) is 0.619. The molecule has 2 rings (SSSR count). The Hall–Kier alpha value is -1.15. The van der Waals surface area contributed by atoms with Gasteiger partial charge >= 0.3 is 0 Å². The van der Waals surface area contributed by atoms with Crippen LogP contribution in [0.25, 0.3) is 0 Å². The molecule has 0 saturated heterocycles. The fourth-order valence-corrected chi connectivity index (χ4v) is 3.59. The number of methoxy groups -OCH3 is 1. The maximum absolute atomic E-state index is 12.0. The van der Waals surface area contributed by atoms with Crippen LogP contribution in [-0.4, -0.2) is 13.8 Å². The summed E-state index contributed by atoms with van der Waals surface area (Å²) in [7, 11) is 1.76. The number of rotatable bonds is 8. The molecule has 0 heterocycles. The summed E-state index contributed by atoms with van der Waals surface area (Å²) in [6.45, 7) is 1.85. The van der Waals surface area contributed by atoms with Crippen LogP contribution >= 0.6 is 0 Å². The molecule has 1 nitrogen and oxygen atoms in total. The summed E-state index contributed by atoms with van der Waals surface area (Å²) in [5, 5.41) is 0. The van der Waals surface area contributed by atoms with Crippen LogP contribution in [0.5, 0.6) is 0 Å². The minimum Gasteiger partial charge on any atom is -0.377 e. The lowest BCUT2D eigenvalue weighted by Gasteiger charge is -2.29. The average Bonchev–Trinajstić information content (AvgIpc) is 2.61. The Morgan fingerprint density at radius 3 is 2.35 bits per heavy atom. The first-order valence-electron chi connectivity index (χ1n) is 9.08. The van der Waals surface area contributed by atoms with Gasteiger partial charge in [-0.15, -0.1) is 0 Å². The fourth-order valence-electron chi connectivity index (χ4n) is 3.59. The van der Waals surface area contributed by atoms with E-state index in [1.807, 2.05) is 6.08 Å². The van der Waals surface area contributed by atoms with Crippen LogP contribution in [-0.2, 0) is 4.74 Å². The van der Waals surface area contributed by atoms with Gasteiger partial charge in [-0.3, -0.25) is 4.39 Å². The van der Waals surface area contributed by atoms with Crippen LogP contribution in [0, 0.1) is 5.92 Å². The standard InChI is InChI=1S/C21H31FO/c1-17(23-2)19-12-14-21(15-13-19)20-10-8-18(9-11-20)7-5-3-4-6-16-22/h3-4,12-15,17-18,20H,5-11,16H2,1-2H3. The first-order valence-corrected chi connectivity index (χ1v) is 9.08. The Morgan fingerprint density at radius 1 is 1.09 bits per heavy atom. The van der Waals surface area contributed by atoms with Gasteiger partial charge in [-0.1, -0.05) is 36.4 Å². The quantitative estimate of drug-likeness (QED) is 0.506. The summed E-state index contributed by atoms with van der Waals surface area (Å²) in [6.07, 6.45) is 12.5. The number of benzene rings is 1. The Balaban J connectivity index is 1.75. The van der Waals surface area contributed by atoms with E-state index in [1.165, 1.54) is 43.2 Å². The topological polar surface area (TPSA) is 9.23 Å². The van der Waals surface area contributed by atoms with Crippen LogP contribution in [0.2, 0.25) is 0 Å². The van der Waals surface area contributed by atoms with Crippen molar-refractivity contribution in [3.8, 4) is 0 Å². The van der Waals surface area contributed by atoms with Gasteiger partial charge in [-0.25, -0.2) is 0 Å². The molecule has 1 fully saturated rings. The molecule has 128 valence electrons. The van der Waals surface area contributed by atoms with Crippen molar-refractivity contribution in [2.45, 2.75) is 63.9 Å². The zero-order valence-electron chi connectivity index (χ0n) is 14.6. The van der Waals surface area contributed by atoms with E-state index in [0.717, 1.165) is 18.3 Å². The average molecular weight is 318 g/mol. The maximum atomic E-state index is 12.0. The molecular weight excluding hydrogens is 287 g/mol. The summed E-state index contributed by atoms with van der Waals surface area (Å²) in [6, 6.07) is 9.00. The summed E-state index contributed by atoms with van der Waals surface area (Å²) >= 11 is 0. The Bertz CT molecular complexity index is 457. The van der Waals surface area contributed by atoms with Crippen molar-refractivity contribution in [3.05, 3.63) is 47.5 Å². The summed E-state index contributed by atoms with van der Waals surface area (Å²) in [5.74, 6) is 1.58. The second-order valence-corrected chi connectivity index (χ2v) is 6.79. The van der Waals surface area contributed by atoms with Crippen LogP contribution in [0.3, 0.4) is 0 Å². The monoisotopic (exact) mass is 318 g/mol. The van der Waals surface area contributed by atoms with Gasteiger partial charge in [0.05, 0.1) is 12.8 Å². The Labute approximate surface area is 140 Å². The number of halogens is 1. The van der Waals surface area contributed by atoms with Gasteiger partial charge in [-0.2, -0.15) is 0 Å². The molecule has 1 aromatic rings. The zero-order valence-corrected chi connectivity index (χ0v) is 14.6. The van der Waals surface area contributed by atoms with E-state index in [9.17, 15) is 4.39 Å². The Morgan fingerprint density at radius 2 is 1.74 bits per heavy atom. The molecule has 0 aromatic heterocycles. The van der Waals surface area contributed by atoms with Crippen molar-refractivity contribution in [2.24, 2.45) is 5.92 Å². The summed E-state index contributed by atoms with van der Waals surface area (Å²) in [4.78, 5) is 0. The molecule has 1 unspecified atom stereocenters. The molecule has 1 aliphatic carbocycles. The van der Waals surface area contributed by atoms with Crippen LogP contribution in [0.1, 0.15) is 75.0 Å². The predicted octanol–water partition coefficient (Wildman–Crippen LogP) is 6.36. The number of alkyl halides is 1. The van der Waals surface area contributed by atoms with E-state index in [4.69, 9.17) is 4.74 Å². The number of hydrogen-bond acceptors (Lipinski definition) is 1. The first kappa shape index (κ1) is 18.2. The van der Waals surface area contributed by atoms with Crippen molar-refractivity contribution in [1.29, 1.82) is 0 Å². The van der Waals surface area contributed by atoms with Gasteiger partial charge in [0.25, 0.3) is 0 Å². The number of hydrogen-bond donors (Lipinski definition) is 0. The number of allylic oxidation sites excluding steroid dienone is 2. The van der Waals surface area contributed by atoms with Gasteiger partial charge in [0.2, 0.25) is 0 Å². The molecule has 0 radical (unpaired) electrons. The second kappa shape index (κ2) is 9.87. The zero-order chi connectivity index (χ0) is 16.5. The third kappa shape index (κ3) is 5.76. The largest absolute Gasteiger partial charge is 0.377 e. The minimum absolute atomic E-state index is 0.172. The van der Waals surface area contributed by atoms with Crippen LogP contribution in [0.15, 0.2) is 36.4 Å². The molecule has 2 heteroatoms. The van der Waals surface area contributed by atoms with E-state index in [0.29, 0.717) is 6.42 Å². The lowest BCUT2D eigenvalue weighted by atomic mass is 9.77. The molecule has 1 atom stereocenters. The van der Waals surface area contributed by atoms with Crippen molar-refractivity contribution in [2.75, 3.05) is 13.8 Å². The van der Waals surface area contributed by atoms with Crippen molar-refractivity contribution >= 4 is 0 Å². The highest BCUT2D eigenvalue weighted by atomic mass is 19.1. The van der Waals surface area contributed by atoms with Gasteiger partial charge < -0.3 is 4.74 Å². The molecular formula is C21H31FO. The molecule has 0 N–H and O–H groups in total. The smallest absolute Gasteiger partial charge is 0.0928 e. The molecule has 0 spiro atoms. The first-order chi connectivity index (χ1) is 11.2. The summed E-state index contributed by atoms with van der Waals surface area (Å²) in [5.41, 5.74) is 2.74. The highest BCUT2D eigenvalue weighted by Crippen LogP contribution is 2.37. The molecule has 0 amide bonds. The predicted molar refractivity (Wildman–Crippen MR) is 95.5 cm³/mol. The molecule has 1 saturated carbocycles. The highest BCUT2D eigenvalue weighted by molar-refractivity contribution is 5.27. The van der Waals surface area contributed by atoms with Crippen molar-refractivity contribution in [3.63, 3.8) is 0 Å². The van der Waals surface area contributed by atoms with Gasteiger partial charge in [-0.05, 0) is 74.8 Å².